The predicted molar refractivity (Wildman–Crippen MR) is 140 cm³/mol. The van der Waals surface area contributed by atoms with E-state index in [1.165, 1.54) is 10.7 Å². The van der Waals surface area contributed by atoms with Crippen LogP contribution in [0.4, 0.5) is 0 Å². The predicted octanol–water partition coefficient (Wildman–Crippen LogP) is 6.52. The number of aromatic carboxylic acids is 1. The standard InChI is InChI=1S/C27H30Cl2N4O5/c1-2-33-20(25(34)35)11-21(31-33)36-15-26-5-8-27(9-6-26,10-7-26)37-14-17-23(32-38-24(17)16-3-4-16)22-18(28)12-30-13-19(22)29/h11-13,16H,2-10,14-15H2,1H3,(H,34,35). The van der Waals surface area contributed by atoms with Gasteiger partial charge in [0, 0.05) is 47.5 Å². The molecule has 11 heteroatoms. The monoisotopic (exact) mass is 560 g/mol. The Morgan fingerprint density at radius 2 is 1.84 bits per heavy atom. The Morgan fingerprint density at radius 1 is 1.16 bits per heavy atom. The maximum Gasteiger partial charge on any atom is 0.354 e. The lowest BCUT2D eigenvalue weighted by Crippen LogP contribution is -2.49. The van der Waals surface area contributed by atoms with Crippen molar-refractivity contribution < 1.29 is 23.9 Å². The fourth-order valence-corrected chi connectivity index (χ4v) is 6.50. The average molecular weight is 561 g/mol. The normalized spacial score (nSPS) is 24.6. The number of halogens is 2. The summed E-state index contributed by atoms with van der Waals surface area (Å²) in [5.41, 5.74) is 2.22. The van der Waals surface area contributed by atoms with Gasteiger partial charge in [0.25, 0.3) is 0 Å². The minimum absolute atomic E-state index is 0.0596. The summed E-state index contributed by atoms with van der Waals surface area (Å²) in [5.74, 6) is 0.617. The molecule has 1 N–H and O–H groups in total. The molecule has 4 fully saturated rings. The Bertz CT molecular complexity index is 1320. The maximum absolute atomic E-state index is 11.4. The molecule has 0 aromatic carbocycles. The smallest absolute Gasteiger partial charge is 0.354 e. The number of hydrogen-bond donors (Lipinski definition) is 1. The van der Waals surface area contributed by atoms with Gasteiger partial charge in [0.05, 0.1) is 28.9 Å². The van der Waals surface area contributed by atoms with Crippen molar-refractivity contribution in [2.24, 2.45) is 5.41 Å². The summed E-state index contributed by atoms with van der Waals surface area (Å²) in [6.07, 6.45) is 11.1. The van der Waals surface area contributed by atoms with Crippen LogP contribution in [0.3, 0.4) is 0 Å². The molecule has 2 bridgehead atoms. The van der Waals surface area contributed by atoms with Crippen LogP contribution < -0.4 is 4.74 Å². The first-order valence-corrected chi connectivity index (χ1v) is 13.9. The highest BCUT2D eigenvalue weighted by molar-refractivity contribution is 6.38. The Labute approximate surface area is 230 Å². The molecule has 7 rings (SSSR count). The maximum atomic E-state index is 11.4. The summed E-state index contributed by atoms with van der Waals surface area (Å²) in [7, 11) is 0. The quantitative estimate of drug-likeness (QED) is 0.298. The van der Waals surface area contributed by atoms with Crippen LogP contribution in [-0.2, 0) is 17.9 Å². The molecular formula is C27H30Cl2N4O5. The molecular weight excluding hydrogens is 531 g/mol. The number of ether oxygens (including phenoxy) is 2. The SMILES string of the molecule is CCn1nc(OCC23CCC(OCc4c(-c5c(Cl)cncc5Cl)noc4C4CC4)(CC2)CC3)cc1C(=O)O. The van der Waals surface area contributed by atoms with Crippen LogP contribution >= 0.6 is 23.2 Å². The zero-order valence-corrected chi connectivity index (χ0v) is 22.7. The van der Waals surface area contributed by atoms with Gasteiger partial charge in [-0.15, -0.1) is 5.10 Å². The highest BCUT2D eigenvalue weighted by atomic mass is 35.5. The highest BCUT2D eigenvalue weighted by Crippen LogP contribution is 2.55. The summed E-state index contributed by atoms with van der Waals surface area (Å²) >= 11 is 12.9. The topological polar surface area (TPSA) is 113 Å². The second-order valence-electron chi connectivity index (χ2n) is 10.9. The van der Waals surface area contributed by atoms with E-state index in [2.05, 4.69) is 15.2 Å². The lowest BCUT2D eigenvalue weighted by Gasteiger charge is -2.52. The fourth-order valence-electron chi connectivity index (χ4n) is 5.95. The third kappa shape index (κ3) is 4.69. The third-order valence-corrected chi connectivity index (χ3v) is 9.09. The van der Waals surface area contributed by atoms with Gasteiger partial charge >= 0.3 is 5.97 Å². The van der Waals surface area contributed by atoms with E-state index in [0.29, 0.717) is 52.9 Å². The van der Waals surface area contributed by atoms with Crippen molar-refractivity contribution in [3.63, 3.8) is 0 Å². The molecule has 0 aliphatic heterocycles. The van der Waals surface area contributed by atoms with Gasteiger partial charge in [-0.05, 0) is 58.3 Å². The number of carboxylic acid groups (broad SMARTS) is 1. The molecule has 4 aliphatic rings. The lowest BCUT2D eigenvalue weighted by atomic mass is 9.59. The minimum Gasteiger partial charge on any atom is -0.477 e. The number of fused-ring (bicyclic) bond motifs is 3. The van der Waals surface area contributed by atoms with Gasteiger partial charge in [0.2, 0.25) is 5.88 Å². The number of aromatic nitrogens is 4. The van der Waals surface area contributed by atoms with Gasteiger partial charge in [0.15, 0.2) is 0 Å². The minimum atomic E-state index is -1.00. The van der Waals surface area contributed by atoms with E-state index in [1.807, 2.05) is 6.92 Å². The summed E-state index contributed by atoms with van der Waals surface area (Å²) in [6, 6.07) is 1.51. The molecule has 0 unspecified atom stereocenters. The van der Waals surface area contributed by atoms with E-state index in [0.717, 1.165) is 62.7 Å². The van der Waals surface area contributed by atoms with E-state index in [1.54, 1.807) is 12.4 Å². The molecule has 0 atom stereocenters. The summed E-state index contributed by atoms with van der Waals surface area (Å²) in [4.78, 5) is 15.5. The molecule has 0 spiro atoms. The van der Waals surface area contributed by atoms with E-state index in [-0.39, 0.29) is 16.7 Å². The van der Waals surface area contributed by atoms with E-state index >= 15 is 0 Å². The molecule has 3 heterocycles. The Morgan fingerprint density at radius 3 is 2.42 bits per heavy atom. The highest BCUT2D eigenvalue weighted by Gasteiger charge is 2.50. The second kappa shape index (κ2) is 9.84. The van der Waals surface area contributed by atoms with E-state index in [9.17, 15) is 9.90 Å². The summed E-state index contributed by atoms with van der Waals surface area (Å²) in [6.45, 7) is 3.27. The van der Waals surface area contributed by atoms with Crippen molar-refractivity contribution in [1.82, 2.24) is 19.9 Å². The van der Waals surface area contributed by atoms with Crippen LogP contribution in [0.5, 0.6) is 5.88 Å². The molecule has 3 aromatic rings. The molecule has 0 radical (unpaired) electrons. The fraction of sp³-hybridized carbons (Fsp3) is 0.556. The molecule has 38 heavy (non-hydrogen) atoms. The van der Waals surface area contributed by atoms with Crippen LogP contribution in [0, 0.1) is 5.41 Å². The second-order valence-corrected chi connectivity index (χ2v) is 11.7. The number of aryl methyl sites for hydroxylation is 1. The van der Waals surface area contributed by atoms with Crippen molar-refractivity contribution in [1.29, 1.82) is 0 Å². The first-order chi connectivity index (χ1) is 18.3. The van der Waals surface area contributed by atoms with Crippen LogP contribution in [0.25, 0.3) is 11.3 Å². The van der Waals surface area contributed by atoms with Crippen LogP contribution in [-0.4, -0.2) is 43.2 Å². The van der Waals surface area contributed by atoms with Crippen molar-refractivity contribution in [2.45, 2.75) is 83.0 Å². The molecule has 3 aromatic heterocycles. The molecule has 4 saturated carbocycles. The van der Waals surface area contributed by atoms with Crippen molar-refractivity contribution in [3.05, 3.63) is 45.5 Å². The molecule has 0 amide bonds. The molecule has 202 valence electrons. The van der Waals surface area contributed by atoms with Crippen LogP contribution in [0.2, 0.25) is 10.0 Å². The van der Waals surface area contributed by atoms with Gasteiger partial charge in [-0.1, -0.05) is 28.4 Å². The largest absolute Gasteiger partial charge is 0.477 e. The zero-order valence-electron chi connectivity index (χ0n) is 21.2. The molecule has 4 aliphatic carbocycles. The van der Waals surface area contributed by atoms with Crippen LogP contribution in [0.15, 0.2) is 23.0 Å². The lowest BCUT2D eigenvalue weighted by molar-refractivity contribution is -0.150. The van der Waals surface area contributed by atoms with Crippen molar-refractivity contribution >= 4 is 29.2 Å². The Hall–Kier alpha value is -2.62. The first kappa shape index (κ1) is 25.6. The zero-order chi connectivity index (χ0) is 26.5. The van der Waals surface area contributed by atoms with E-state index < -0.39 is 5.97 Å². The van der Waals surface area contributed by atoms with Crippen molar-refractivity contribution in [2.75, 3.05) is 6.61 Å². The number of carboxylic acids is 1. The van der Waals surface area contributed by atoms with Crippen molar-refractivity contribution in [3.8, 4) is 17.1 Å². The van der Waals surface area contributed by atoms with Crippen LogP contribution in [0.1, 0.15) is 86.0 Å². The number of rotatable bonds is 10. The van der Waals surface area contributed by atoms with Gasteiger partial charge in [-0.2, -0.15) is 0 Å². The summed E-state index contributed by atoms with van der Waals surface area (Å²) < 4.78 is 20.0. The van der Waals surface area contributed by atoms with Gasteiger partial charge in [-0.3, -0.25) is 9.67 Å². The number of pyridine rings is 1. The van der Waals surface area contributed by atoms with Gasteiger partial charge in [-0.25, -0.2) is 4.79 Å². The summed E-state index contributed by atoms with van der Waals surface area (Å²) in [5, 5.41) is 18.9. The number of hydrogen-bond acceptors (Lipinski definition) is 7. The average Bonchev–Trinajstić information content (AvgIpc) is 3.54. The molecule has 0 saturated heterocycles. The molecule has 9 nitrogen and oxygen atoms in total. The van der Waals surface area contributed by atoms with Gasteiger partial charge < -0.3 is 19.1 Å². The number of nitrogens with zero attached hydrogens (tertiary/aromatic N) is 4. The van der Waals surface area contributed by atoms with Gasteiger partial charge in [0.1, 0.15) is 17.1 Å². The van der Waals surface area contributed by atoms with E-state index in [4.69, 9.17) is 37.2 Å². The first-order valence-electron chi connectivity index (χ1n) is 13.2. The third-order valence-electron chi connectivity index (χ3n) is 8.51. The Kier molecular flexibility index (Phi) is 6.64. The number of carbonyl (C=O) groups is 1. The Balaban J connectivity index is 1.13.